The van der Waals surface area contributed by atoms with Gasteiger partial charge in [0.2, 0.25) is 5.91 Å². The van der Waals surface area contributed by atoms with Gasteiger partial charge < -0.3 is 10.1 Å². The second-order valence-electron chi connectivity index (χ2n) is 8.38. The Labute approximate surface area is 165 Å². The molecule has 2 aromatic rings. The summed E-state index contributed by atoms with van der Waals surface area (Å²) >= 11 is 0. The quantitative estimate of drug-likeness (QED) is 0.828. The fourth-order valence-electron chi connectivity index (χ4n) is 4.66. The molecule has 1 N–H and O–H groups in total. The molecule has 1 aromatic heterocycles. The first-order chi connectivity index (χ1) is 13.7. The third-order valence-corrected chi connectivity index (χ3v) is 6.46. The van der Waals surface area contributed by atoms with E-state index in [2.05, 4.69) is 20.5 Å². The minimum Gasteiger partial charge on any atom is -0.497 e. The van der Waals surface area contributed by atoms with Crippen LogP contribution in [0.4, 0.5) is 0 Å². The van der Waals surface area contributed by atoms with Crippen LogP contribution in [-0.2, 0) is 11.3 Å². The third kappa shape index (κ3) is 3.51. The molecule has 3 aliphatic heterocycles. The molecule has 7 nitrogen and oxygen atoms in total. The lowest BCUT2D eigenvalue weighted by Crippen LogP contribution is -2.58. The molecule has 1 unspecified atom stereocenters. The van der Waals surface area contributed by atoms with Crippen molar-refractivity contribution in [1.82, 2.24) is 25.2 Å². The van der Waals surface area contributed by atoms with Gasteiger partial charge in [-0.2, -0.15) is 0 Å². The topological polar surface area (TPSA) is 72.3 Å². The fraction of sp³-hybridized carbons (Fsp3) is 0.571. The van der Waals surface area contributed by atoms with E-state index in [-0.39, 0.29) is 11.8 Å². The van der Waals surface area contributed by atoms with Crippen LogP contribution >= 0.6 is 0 Å². The molecule has 7 heteroatoms. The number of benzene rings is 1. The number of nitrogens with zero attached hydrogens (tertiary/aromatic N) is 4. The molecule has 148 valence electrons. The van der Waals surface area contributed by atoms with Crippen molar-refractivity contribution in [3.63, 3.8) is 0 Å². The summed E-state index contributed by atoms with van der Waals surface area (Å²) < 4.78 is 7.16. The number of hydrogen-bond donors (Lipinski definition) is 1. The summed E-state index contributed by atoms with van der Waals surface area (Å²) in [7, 11) is 1.67. The lowest BCUT2D eigenvalue weighted by atomic mass is 9.75. The van der Waals surface area contributed by atoms with Gasteiger partial charge in [-0.05, 0) is 62.4 Å². The Bertz CT molecular complexity index is 845. The number of ether oxygens (including phenoxy) is 1. The average molecular weight is 381 g/mol. The molecule has 0 radical (unpaired) electrons. The lowest BCUT2D eigenvalue weighted by Gasteiger charge is -2.49. The minimum absolute atomic E-state index is 0.163. The number of carbonyl (C=O) groups excluding carboxylic acids is 1. The molecule has 28 heavy (non-hydrogen) atoms. The van der Waals surface area contributed by atoms with E-state index in [0.29, 0.717) is 18.0 Å². The van der Waals surface area contributed by atoms with Gasteiger partial charge in [0.05, 0.1) is 25.8 Å². The van der Waals surface area contributed by atoms with Gasteiger partial charge in [-0.1, -0.05) is 5.21 Å². The number of aromatic nitrogens is 3. The van der Waals surface area contributed by atoms with Crippen molar-refractivity contribution in [2.75, 3.05) is 20.2 Å². The Hall–Kier alpha value is -2.41. The van der Waals surface area contributed by atoms with Crippen molar-refractivity contribution in [3.05, 3.63) is 30.5 Å². The number of nitrogens with one attached hydrogen (secondary N) is 1. The highest BCUT2D eigenvalue weighted by atomic mass is 16.5. The van der Waals surface area contributed by atoms with E-state index in [0.717, 1.165) is 62.3 Å². The number of methoxy groups -OCH3 is 1. The fourth-order valence-corrected chi connectivity index (χ4v) is 4.66. The van der Waals surface area contributed by atoms with Crippen LogP contribution in [0.3, 0.4) is 0 Å². The number of carbonyl (C=O) groups is 1. The van der Waals surface area contributed by atoms with E-state index < -0.39 is 0 Å². The summed E-state index contributed by atoms with van der Waals surface area (Å²) in [5.74, 6) is 1.77. The van der Waals surface area contributed by atoms with Crippen LogP contribution in [0.1, 0.15) is 25.7 Å². The molecule has 6 rings (SSSR count). The summed E-state index contributed by atoms with van der Waals surface area (Å²) in [4.78, 5) is 15.0. The molecule has 4 atom stereocenters. The van der Waals surface area contributed by atoms with E-state index in [1.54, 1.807) is 7.11 Å². The van der Waals surface area contributed by atoms with E-state index in [9.17, 15) is 4.79 Å². The molecule has 3 saturated heterocycles. The van der Waals surface area contributed by atoms with Gasteiger partial charge in [0.1, 0.15) is 11.4 Å². The second-order valence-corrected chi connectivity index (χ2v) is 8.38. The molecule has 1 amide bonds. The predicted molar refractivity (Wildman–Crippen MR) is 105 cm³/mol. The van der Waals surface area contributed by atoms with Crippen molar-refractivity contribution in [2.45, 2.75) is 44.3 Å². The smallest absolute Gasteiger partial charge is 0.224 e. The van der Waals surface area contributed by atoms with Gasteiger partial charge >= 0.3 is 0 Å². The molecule has 4 fully saturated rings. The van der Waals surface area contributed by atoms with E-state index in [4.69, 9.17) is 4.74 Å². The zero-order valence-electron chi connectivity index (χ0n) is 16.3. The third-order valence-electron chi connectivity index (χ3n) is 6.46. The van der Waals surface area contributed by atoms with Crippen LogP contribution in [0.15, 0.2) is 30.5 Å². The lowest BCUT2D eigenvalue weighted by molar-refractivity contribution is -0.133. The van der Waals surface area contributed by atoms with Crippen LogP contribution in [0, 0.1) is 11.8 Å². The normalized spacial score (nSPS) is 28.9. The standard InChI is InChI=1S/C21H27N5O2/c1-28-18-6-2-14(3-7-18)20-13-26(24-23-20)11-17-10-15-8-9-25(17)12-19(15)21(27)22-16-4-5-16/h2-3,6-7,13,15-17,19H,4-5,8-12H2,1H3,(H,22,27)/t15-,17+,19-/m0/s1. The van der Waals surface area contributed by atoms with E-state index in [1.165, 1.54) is 0 Å². The van der Waals surface area contributed by atoms with E-state index in [1.807, 2.05) is 35.1 Å². The zero-order chi connectivity index (χ0) is 19.1. The SMILES string of the molecule is COc1ccc(-c2cn(C[C@H]3C[C@@H]4CCN3C[C@@H]4C(=O)NC3CC3)nn2)cc1. The Morgan fingerprint density at radius 3 is 2.75 bits per heavy atom. The first-order valence-electron chi connectivity index (χ1n) is 10.3. The minimum atomic E-state index is 0.163. The van der Waals surface area contributed by atoms with Gasteiger partial charge in [0.15, 0.2) is 0 Å². The maximum atomic E-state index is 12.5. The average Bonchev–Trinajstić information content (AvgIpc) is 3.43. The molecule has 1 aromatic carbocycles. The van der Waals surface area contributed by atoms with Gasteiger partial charge in [0.25, 0.3) is 0 Å². The molecular formula is C21H27N5O2. The number of hydrogen-bond acceptors (Lipinski definition) is 5. The highest BCUT2D eigenvalue weighted by Crippen LogP contribution is 2.37. The van der Waals surface area contributed by atoms with Crippen molar-refractivity contribution in [3.8, 4) is 17.0 Å². The summed E-state index contributed by atoms with van der Waals surface area (Å²) in [5.41, 5.74) is 1.91. The monoisotopic (exact) mass is 381 g/mol. The molecule has 2 bridgehead atoms. The zero-order valence-corrected chi connectivity index (χ0v) is 16.3. The molecular weight excluding hydrogens is 354 g/mol. The second kappa shape index (κ2) is 7.20. The Balaban J connectivity index is 1.22. The maximum Gasteiger partial charge on any atom is 0.224 e. The molecule has 1 saturated carbocycles. The van der Waals surface area contributed by atoms with Crippen LogP contribution in [0.5, 0.6) is 5.75 Å². The Kier molecular flexibility index (Phi) is 4.55. The molecule has 4 aliphatic rings. The first kappa shape index (κ1) is 17.7. The highest BCUT2D eigenvalue weighted by Gasteiger charge is 2.44. The molecule has 1 aliphatic carbocycles. The predicted octanol–water partition coefficient (Wildman–Crippen LogP) is 1.94. The van der Waals surface area contributed by atoms with Crippen molar-refractivity contribution in [2.24, 2.45) is 11.8 Å². The summed E-state index contributed by atoms with van der Waals surface area (Å²) in [6.45, 7) is 2.80. The first-order valence-corrected chi connectivity index (χ1v) is 10.3. The van der Waals surface area contributed by atoms with Gasteiger partial charge in [-0.15, -0.1) is 5.10 Å². The summed E-state index contributed by atoms with van der Waals surface area (Å²) in [6.07, 6.45) is 6.52. The van der Waals surface area contributed by atoms with Crippen molar-refractivity contribution >= 4 is 5.91 Å². The number of fused-ring (bicyclic) bond motifs is 3. The number of rotatable bonds is 6. The van der Waals surface area contributed by atoms with E-state index >= 15 is 0 Å². The van der Waals surface area contributed by atoms with Crippen LogP contribution in [0.25, 0.3) is 11.3 Å². The number of amides is 1. The highest BCUT2D eigenvalue weighted by molar-refractivity contribution is 5.80. The Morgan fingerprint density at radius 2 is 2.07 bits per heavy atom. The largest absolute Gasteiger partial charge is 0.497 e. The Morgan fingerprint density at radius 1 is 1.25 bits per heavy atom. The van der Waals surface area contributed by atoms with Crippen molar-refractivity contribution < 1.29 is 9.53 Å². The molecule has 4 heterocycles. The van der Waals surface area contributed by atoms with Gasteiger partial charge in [0, 0.05) is 24.2 Å². The van der Waals surface area contributed by atoms with Crippen molar-refractivity contribution in [1.29, 1.82) is 0 Å². The van der Waals surface area contributed by atoms with Crippen LogP contribution in [-0.4, -0.2) is 58.1 Å². The maximum absolute atomic E-state index is 12.5. The molecule has 0 spiro atoms. The summed E-state index contributed by atoms with van der Waals surface area (Å²) in [5, 5.41) is 11.9. The van der Waals surface area contributed by atoms with Gasteiger partial charge in [-0.25, -0.2) is 0 Å². The van der Waals surface area contributed by atoms with Crippen LogP contribution < -0.4 is 10.1 Å². The number of piperidine rings is 3. The van der Waals surface area contributed by atoms with Crippen LogP contribution in [0.2, 0.25) is 0 Å². The summed E-state index contributed by atoms with van der Waals surface area (Å²) in [6, 6.07) is 8.77. The van der Waals surface area contributed by atoms with Gasteiger partial charge in [-0.3, -0.25) is 14.4 Å².